The summed E-state index contributed by atoms with van der Waals surface area (Å²) in [6.45, 7) is 1.00. The van der Waals surface area contributed by atoms with Crippen LogP contribution in [0.4, 0.5) is 0 Å². The van der Waals surface area contributed by atoms with Crippen molar-refractivity contribution in [1.29, 1.82) is 0 Å². The predicted octanol–water partition coefficient (Wildman–Crippen LogP) is 4.12. The lowest BCUT2D eigenvalue weighted by Crippen LogP contribution is -2.40. The van der Waals surface area contributed by atoms with E-state index < -0.39 is 0 Å². The number of nitrogens with one attached hydrogen (secondary N) is 1. The van der Waals surface area contributed by atoms with Crippen molar-refractivity contribution >= 4 is 15.9 Å². The highest BCUT2D eigenvalue weighted by molar-refractivity contribution is 9.10. The molecule has 100 valence electrons. The molecule has 3 rings (SSSR count). The van der Waals surface area contributed by atoms with Crippen LogP contribution in [0.1, 0.15) is 30.1 Å². The fourth-order valence-corrected chi connectivity index (χ4v) is 3.09. The highest BCUT2D eigenvalue weighted by Gasteiger charge is 2.29. The molecule has 1 aromatic heterocycles. The first kappa shape index (κ1) is 12.9. The van der Waals surface area contributed by atoms with Crippen LogP contribution in [-0.4, -0.2) is 12.6 Å². The van der Waals surface area contributed by atoms with Crippen LogP contribution in [0.25, 0.3) is 0 Å². The van der Waals surface area contributed by atoms with Gasteiger partial charge < -0.3 is 9.73 Å². The van der Waals surface area contributed by atoms with E-state index >= 15 is 0 Å². The first-order chi connectivity index (χ1) is 9.31. The minimum atomic E-state index is 0.666. The van der Waals surface area contributed by atoms with Crippen LogP contribution < -0.4 is 5.32 Å². The minimum absolute atomic E-state index is 0.666. The Bertz CT molecular complexity index is 517. The van der Waals surface area contributed by atoms with E-state index in [1.54, 1.807) is 6.26 Å². The molecule has 0 saturated heterocycles. The quantitative estimate of drug-likeness (QED) is 0.896. The Morgan fingerprint density at radius 1 is 1.21 bits per heavy atom. The number of benzene rings is 1. The molecule has 1 heterocycles. The first-order valence-corrected chi connectivity index (χ1v) is 7.62. The summed E-state index contributed by atoms with van der Waals surface area (Å²) in [6, 6.07) is 13.3. The smallest absolute Gasteiger partial charge is 0.105 e. The minimum Gasteiger partial charge on any atom is -0.469 e. The third-order valence-corrected chi connectivity index (χ3v) is 4.34. The third kappa shape index (κ3) is 3.28. The number of hydrogen-bond acceptors (Lipinski definition) is 2. The molecule has 2 nitrogen and oxygen atoms in total. The van der Waals surface area contributed by atoms with Gasteiger partial charge in [0.15, 0.2) is 0 Å². The second-order valence-corrected chi connectivity index (χ2v) is 6.12. The lowest BCUT2D eigenvalue weighted by Gasteiger charge is -2.36. The van der Waals surface area contributed by atoms with Gasteiger partial charge in [-0.3, -0.25) is 0 Å². The molecule has 2 aromatic rings. The third-order valence-electron chi connectivity index (χ3n) is 3.84. The second-order valence-electron chi connectivity index (χ2n) is 5.20. The average Bonchev–Trinajstić information content (AvgIpc) is 2.85. The molecule has 0 atom stereocenters. The Labute approximate surface area is 122 Å². The molecule has 0 amide bonds. The second kappa shape index (κ2) is 5.93. The Morgan fingerprint density at radius 2 is 2.11 bits per heavy atom. The maximum absolute atomic E-state index is 5.33. The molecule has 1 aromatic carbocycles. The van der Waals surface area contributed by atoms with Crippen LogP contribution in [-0.2, 0) is 6.42 Å². The Kier molecular flexibility index (Phi) is 4.04. The molecular formula is C16H18BrNO. The summed E-state index contributed by atoms with van der Waals surface area (Å²) in [5.41, 5.74) is 1.46. The molecule has 0 radical (unpaired) electrons. The maximum Gasteiger partial charge on any atom is 0.105 e. The predicted molar refractivity (Wildman–Crippen MR) is 80.3 cm³/mol. The maximum atomic E-state index is 5.33. The van der Waals surface area contributed by atoms with Crippen LogP contribution >= 0.6 is 15.9 Å². The highest BCUT2D eigenvalue weighted by Crippen LogP contribution is 2.37. The molecule has 0 spiro atoms. The van der Waals surface area contributed by atoms with Crippen LogP contribution in [0.2, 0.25) is 0 Å². The molecule has 1 aliphatic carbocycles. The molecule has 0 unspecified atom stereocenters. The van der Waals surface area contributed by atoms with Gasteiger partial charge in [-0.1, -0.05) is 28.1 Å². The van der Waals surface area contributed by atoms with Crippen molar-refractivity contribution in [3.05, 3.63) is 58.5 Å². The molecule has 1 N–H and O–H groups in total. The summed E-state index contributed by atoms with van der Waals surface area (Å²) in [4.78, 5) is 0. The van der Waals surface area contributed by atoms with Crippen molar-refractivity contribution in [3.8, 4) is 0 Å². The van der Waals surface area contributed by atoms with E-state index in [-0.39, 0.29) is 0 Å². The van der Waals surface area contributed by atoms with E-state index in [1.165, 1.54) is 22.9 Å². The highest BCUT2D eigenvalue weighted by atomic mass is 79.9. The van der Waals surface area contributed by atoms with Gasteiger partial charge in [0, 0.05) is 23.5 Å². The topological polar surface area (TPSA) is 25.2 Å². The molecule has 1 fully saturated rings. The van der Waals surface area contributed by atoms with Gasteiger partial charge in [0.1, 0.15) is 5.76 Å². The first-order valence-electron chi connectivity index (χ1n) is 6.82. The van der Waals surface area contributed by atoms with Crippen molar-refractivity contribution in [2.45, 2.75) is 31.2 Å². The van der Waals surface area contributed by atoms with Crippen molar-refractivity contribution in [2.24, 2.45) is 0 Å². The monoisotopic (exact) mass is 319 g/mol. The van der Waals surface area contributed by atoms with Gasteiger partial charge in [0.25, 0.3) is 0 Å². The van der Waals surface area contributed by atoms with Gasteiger partial charge >= 0.3 is 0 Å². The fourth-order valence-electron chi connectivity index (χ4n) is 2.67. The van der Waals surface area contributed by atoms with Crippen LogP contribution in [0.3, 0.4) is 0 Å². The largest absolute Gasteiger partial charge is 0.469 e. The van der Waals surface area contributed by atoms with Gasteiger partial charge in [-0.2, -0.15) is 0 Å². The van der Waals surface area contributed by atoms with Crippen LogP contribution in [0.5, 0.6) is 0 Å². The molecule has 19 heavy (non-hydrogen) atoms. The average molecular weight is 320 g/mol. The van der Waals surface area contributed by atoms with Gasteiger partial charge in [-0.15, -0.1) is 0 Å². The number of halogens is 1. The molecule has 0 bridgehead atoms. The molecule has 1 aliphatic rings. The zero-order chi connectivity index (χ0) is 13.1. The SMILES string of the molecule is Brc1cccc(C2CC(NCCc3ccco3)C2)c1. The molecular weight excluding hydrogens is 302 g/mol. The van der Waals surface area contributed by atoms with Gasteiger partial charge in [0.2, 0.25) is 0 Å². The fraction of sp³-hybridized carbons (Fsp3) is 0.375. The zero-order valence-electron chi connectivity index (χ0n) is 10.8. The van der Waals surface area contributed by atoms with Crippen molar-refractivity contribution < 1.29 is 4.42 Å². The Hall–Kier alpha value is -1.06. The van der Waals surface area contributed by atoms with E-state index in [4.69, 9.17) is 4.42 Å². The van der Waals surface area contributed by atoms with Crippen LogP contribution in [0, 0.1) is 0 Å². The number of hydrogen-bond donors (Lipinski definition) is 1. The summed E-state index contributed by atoms with van der Waals surface area (Å²) >= 11 is 3.54. The molecule has 0 aliphatic heterocycles. The van der Waals surface area contributed by atoms with E-state index in [1.807, 2.05) is 12.1 Å². The summed E-state index contributed by atoms with van der Waals surface area (Å²) in [6.07, 6.45) is 5.20. The number of furan rings is 1. The summed E-state index contributed by atoms with van der Waals surface area (Å²) < 4.78 is 6.51. The van der Waals surface area contributed by atoms with Gasteiger partial charge in [-0.05, 0) is 48.6 Å². The standard InChI is InChI=1S/C16H18BrNO/c17-14-4-1-3-12(9-14)13-10-15(11-13)18-7-6-16-5-2-8-19-16/h1-5,8-9,13,15,18H,6-7,10-11H2. The normalized spacial score (nSPS) is 22.2. The van der Waals surface area contributed by atoms with Gasteiger partial charge in [0.05, 0.1) is 6.26 Å². The Balaban J connectivity index is 1.41. The Morgan fingerprint density at radius 3 is 2.84 bits per heavy atom. The lowest BCUT2D eigenvalue weighted by atomic mass is 9.76. The summed E-state index contributed by atoms with van der Waals surface area (Å²) in [5, 5.41) is 3.60. The van der Waals surface area contributed by atoms with Gasteiger partial charge in [-0.25, -0.2) is 0 Å². The summed E-state index contributed by atoms with van der Waals surface area (Å²) in [5.74, 6) is 1.79. The van der Waals surface area contributed by atoms with E-state index in [2.05, 4.69) is 45.5 Å². The lowest BCUT2D eigenvalue weighted by molar-refractivity contribution is 0.290. The van der Waals surface area contributed by atoms with E-state index in [0.29, 0.717) is 6.04 Å². The van der Waals surface area contributed by atoms with E-state index in [0.717, 1.165) is 24.6 Å². The van der Waals surface area contributed by atoms with Crippen molar-refractivity contribution in [2.75, 3.05) is 6.54 Å². The van der Waals surface area contributed by atoms with Crippen molar-refractivity contribution in [3.63, 3.8) is 0 Å². The van der Waals surface area contributed by atoms with Crippen LogP contribution in [0.15, 0.2) is 51.6 Å². The summed E-state index contributed by atoms with van der Waals surface area (Å²) in [7, 11) is 0. The van der Waals surface area contributed by atoms with Crippen molar-refractivity contribution in [1.82, 2.24) is 5.32 Å². The molecule has 1 saturated carbocycles. The molecule has 3 heteroatoms. The number of rotatable bonds is 5. The van der Waals surface area contributed by atoms with E-state index in [9.17, 15) is 0 Å². The zero-order valence-corrected chi connectivity index (χ0v) is 12.4.